The zero-order valence-electron chi connectivity index (χ0n) is 6.91. The number of fused-ring (bicyclic) bond motifs is 2. The van der Waals surface area contributed by atoms with E-state index in [9.17, 15) is 5.11 Å². The Morgan fingerprint density at radius 1 is 1.58 bits per heavy atom. The minimum absolute atomic E-state index is 0.0421. The maximum atomic E-state index is 9.58. The molecular weight excluding hydrogens is 162 g/mol. The number of nitrogens with one attached hydrogen (secondary N) is 1. The maximum absolute atomic E-state index is 9.58. The van der Waals surface area contributed by atoms with E-state index >= 15 is 0 Å². The number of ether oxygens (including phenoxy) is 2. The molecule has 70 valence electrons. The van der Waals surface area contributed by atoms with Gasteiger partial charge in [-0.05, 0) is 6.92 Å². The Hall–Kier alpha value is -0.200. The molecule has 2 fully saturated rings. The van der Waals surface area contributed by atoms with Crippen LogP contribution in [-0.4, -0.2) is 47.6 Å². The average molecular weight is 175 g/mol. The summed E-state index contributed by atoms with van der Waals surface area (Å²) in [6.45, 7) is 2.15. The number of hydrogen-bond donors (Lipinski definition) is 3. The molecule has 3 atom stereocenters. The van der Waals surface area contributed by atoms with E-state index in [1.54, 1.807) is 0 Å². The van der Waals surface area contributed by atoms with Gasteiger partial charge in [0.05, 0.1) is 25.4 Å². The second-order valence-electron chi connectivity index (χ2n) is 3.62. The van der Waals surface area contributed by atoms with E-state index in [1.165, 1.54) is 6.92 Å². The lowest BCUT2D eigenvalue weighted by atomic mass is 10.0. The standard InChI is InChI=1S/C7H13NO4/c1-6(10)5-8-7(2-9,3-11-5)4-12-6/h5,8-10H,2-4H2,1H3/t5-,6+,7+/m0/s1. The molecule has 0 saturated carbocycles. The summed E-state index contributed by atoms with van der Waals surface area (Å²) in [5.41, 5.74) is -0.507. The van der Waals surface area contributed by atoms with Crippen molar-refractivity contribution < 1.29 is 19.7 Å². The van der Waals surface area contributed by atoms with Crippen molar-refractivity contribution in [3.8, 4) is 0 Å². The summed E-state index contributed by atoms with van der Waals surface area (Å²) in [5, 5.41) is 21.6. The molecule has 0 aromatic carbocycles. The van der Waals surface area contributed by atoms with E-state index in [1.807, 2.05) is 0 Å². The smallest absolute Gasteiger partial charge is 0.203 e. The van der Waals surface area contributed by atoms with Crippen LogP contribution in [0, 0.1) is 0 Å². The minimum atomic E-state index is -1.28. The Balaban J connectivity index is 2.16. The van der Waals surface area contributed by atoms with Crippen LogP contribution in [0.3, 0.4) is 0 Å². The van der Waals surface area contributed by atoms with Crippen molar-refractivity contribution >= 4 is 0 Å². The molecule has 0 amide bonds. The topological polar surface area (TPSA) is 71.0 Å². The second kappa shape index (κ2) is 2.40. The van der Waals surface area contributed by atoms with Crippen LogP contribution in [0.4, 0.5) is 0 Å². The van der Waals surface area contributed by atoms with Gasteiger partial charge in [-0.1, -0.05) is 0 Å². The third-order valence-corrected chi connectivity index (χ3v) is 2.39. The third-order valence-electron chi connectivity index (χ3n) is 2.39. The molecule has 0 radical (unpaired) electrons. The van der Waals surface area contributed by atoms with E-state index < -0.39 is 17.6 Å². The summed E-state index contributed by atoms with van der Waals surface area (Å²) < 4.78 is 10.4. The summed E-state index contributed by atoms with van der Waals surface area (Å²) in [4.78, 5) is 0. The molecule has 12 heavy (non-hydrogen) atoms. The van der Waals surface area contributed by atoms with E-state index in [0.717, 1.165) is 0 Å². The maximum Gasteiger partial charge on any atom is 0.203 e. The van der Waals surface area contributed by atoms with Gasteiger partial charge in [-0.2, -0.15) is 0 Å². The minimum Gasteiger partial charge on any atom is -0.394 e. The van der Waals surface area contributed by atoms with Crippen molar-refractivity contribution in [3.05, 3.63) is 0 Å². The first-order valence-electron chi connectivity index (χ1n) is 3.95. The molecule has 2 heterocycles. The Morgan fingerprint density at radius 3 is 3.00 bits per heavy atom. The lowest BCUT2D eigenvalue weighted by Crippen LogP contribution is -2.63. The molecule has 0 spiro atoms. The average Bonchev–Trinajstić information content (AvgIpc) is 2.42. The Bertz CT molecular complexity index is 196. The van der Waals surface area contributed by atoms with Gasteiger partial charge in [-0.15, -0.1) is 0 Å². The molecule has 2 saturated heterocycles. The van der Waals surface area contributed by atoms with E-state index in [0.29, 0.717) is 6.61 Å². The Kier molecular flexibility index (Phi) is 1.68. The lowest BCUT2D eigenvalue weighted by Gasteiger charge is -2.38. The number of aliphatic hydroxyl groups is 2. The molecular formula is C7H13NO4. The SMILES string of the molecule is C[C@@]1(O)OC[C@@]2(CO)CO[C@@H]1N2. The van der Waals surface area contributed by atoms with Gasteiger partial charge in [-0.25, -0.2) is 0 Å². The van der Waals surface area contributed by atoms with Crippen LogP contribution < -0.4 is 5.32 Å². The number of aliphatic hydroxyl groups excluding tert-OH is 1. The summed E-state index contributed by atoms with van der Waals surface area (Å²) in [6, 6.07) is 0. The number of hydrogen-bond acceptors (Lipinski definition) is 5. The largest absolute Gasteiger partial charge is 0.394 e. The van der Waals surface area contributed by atoms with Gasteiger partial charge in [0.2, 0.25) is 5.79 Å². The van der Waals surface area contributed by atoms with Crippen molar-refractivity contribution in [2.24, 2.45) is 0 Å². The molecule has 0 aliphatic carbocycles. The summed E-state index contributed by atoms with van der Waals surface area (Å²) in [5.74, 6) is -1.28. The van der Waals surface area contributed by atoms with Gasteiger partial charge in [0.15, 0.2) is 6.23 Å². The van der Waals surface area contributed by atoms with E-state index in [2.05, 4.69) is 5.32 Å². The summed E-state index contributed by atoms with van der Waals surface area (Å²) in [6.07, 6.45) is -0.529. The molecule has 2 bridgehead atoms. The Morgan fingerprint density at radius 2 is 2.33 bits per heavy atom. The van der Waals surface area contributed by atoms with Crippen LogP contribution in [0.2, 0.25) is 0 Å². The fraction of sp³-hybridized carbons (Fsp3) is 1.00. The third kappa shape index (κ3) is 1.06. The van der Waals surface area contributed by atoms with Gasteiger partial charge in [-0.3, -0.25) is 5.32 Å². The molecule has 5 nitrogen and oxygen atoms in total. The van der Waals surface area contributed by atoms with Crippen LogP contribution in [0.5, 0.6) is 0 Å². The Labute approximate surface area is 70.3 Å². The first kappa shape index (κ1) is 8.40. The predicted molar refractivity (Wildman–Crippen MR) is 39.3 cm³/mol. The van der Waals surface area contributed by atoms with Crippen molar-refractivity contribution in [1.82, 2.24) is 5.32 Å². The van der Waals surface area contributed by atoms with Gasteiger partial charge < -0.3 is 19.7 Å². The second-order valence-corrected chi connectivity index (χ2v) is 3.62. The van der Waals surface area contributed by atoms with Crippen LogP contribution >= 0.6 is 0 Å². The summed E-state index contributed by atoms with van der Waals surface area (Å²) >= 11 is 0. The lowest BCUT2D eigenvalue weighted by molar-refractivity contribution is -0.265. The number of rotatable bonds is 1. The first-order valence-corrected chi connectivity index (χ1v) is 3.95. The monoisotopic (exact) mass is 175 g/mol. The molecule has 2 aliphatic heterocycles. The van der Waals surface area contributed by atoms with Crippen LogP contribution in [0.25, 0.3) is 0 Å². The highest BCUT2D eigenvalue weighted by molar-refractivity contribution is 5.00. The van der Waals surface area contributed by atoms with E-state index in [4.69, 9.17) is 14.6 Å². The van der Waals surface area contributed by atoms with Crippen LogP contribution in [0.15, 0.2) is 0 Å². The molecule has 5 heteroatoms. The van der Waals surface area contributed by atoms with Gasteiger partial charge in [0, 0.05) is 0 Å². The van der Waals surface area contributed by atoms with Crippen LogP contribution in [0.1, 0.15) is 6.92 Å². The zero-order chi connectivity index (χ0) is 8.82. The first-order chi connectivity index (χ1) is 5.58. The van der Waals surface area contributed by atoms with Crippen molar-refractivity contribution in [1.29, 1.82) is 0 Å². The molecule has 2 aliphatic rings. The molecule has 3 N–H and O–H groups in total. The zero-order valence-corrected chi connectivity index (χ0v) is 6.91. The van der Waals surface area contributed by atoms with Crippen molar-refractivity contribution in [2.45, 2.75) is 24.5 Å². The molecule has 2 rings (SSSR count). The predicted octanol–water partition coefficient (Wildman–Crippen LogP) is -1.60. The fourth-order valence-corrected chi connectivity index (χ4v) is 1.47. The summed E-state index contributed by atoms with van der Waals surface area (Å²) in [7, 11) is 0. The quantitative estimate of drug-likeness (QED) is 0.448. The van der Waals surface area contributed by atoms with Crippen LogP contribution in [-0.2, 0) is 9.47 Å². The van der Waals surface area contributed by atoms with Gasteiger partial charge in [0.1, 0.15) is 0 Å². The highest BCUT2D eigenvalue weighted by Crippen LogP contribution is 2.30. The number of morpholine rings is 1. The highest BCUT2D eigenvalue weighted by atomic mass is 16.7. The fourth-order valence-electron chi connectivity index (χ4n) is 1.47. The highest BCUT2D eigenvalue weighted by Gasteiger charge is 2.52. The van der Waals surface area contributed by atoms with Crippen molar-refractivity contribution in [3.63, 3.8) is 0 Å². The van der Waals surface area contributed by atoms with Crippen molar-refractivity contribution in [2.75, 3.05) is 19.8 Å². The normalized spacial score (nSPS) is 52.8. The van der Waals surface area contributed by atoms with Gasteiger partial charge in [0.25, 0.3) is 0 Å². The van der Waals surface area contributed by atoms with Gasteiger partial charge >= 0.3 is 0 Å². The molecule has 0 aromatic heterocycles. The molecule has 0 aromatic rings. The molecule has 0 unspecified atom stereocenters. The van der Waals surface area contributed by atoms with E-state index in [-0.39, 0.29) is 13.2 Å².